The van der Waals surface area contributed by atoms with Crippen molar-refractivity contribution >= 4 is 38.6 Å². The summed E-state index contributed by atoms with van der Waals surface area (Å²) in [5.74, 6) is -2.19. The Morgan fingerprint density at radius 3 is 2.71 bits per heavy atom. The Morgan fingerprint density at radius 1 is 1.21 bits per heavy atom. The van der Waals surface area contributed by atoms with E-state index < -0.39 is 52.1 Å². The quantitative estimate of drug-likeness (QED) is 0.445. The minimum Gasteiger partial charge on any atom is -0.451 e. The largest absolute Gasteiger partial charge is 0.451 e. The van der Waals surface area contributed by atoms with Crippen molar-refractivity contribution < 1.29 is 31.6 Å². The van der Waals surface area contributed by atoms with Gasteiger partial charge in [0.15, 0.2) is 16.6 Å². The van der Waals surface area contributed by atoms with E-state index in [-0.39, 0.29) is 36.1 Å². The molecule has 12 heteroatoms. The number of Topliss-reactive ketones (excluding diaryl/α,β-unsaturated/α-hetero) is 1. The second-order valence-corrected chi connectivity index (χ2v) is 11.5. The van der Waals surface area contributed by atoms with Gasteiger partial charge in [-0.3, -0.25) is 14.4 Å². The van der Waals surface area contributed by atoms with Gasteiger partial charge in [-0.2, -0.15) is 4.31 Å². The number of carbonyl (C=O) groups excluding carboxylic acids is 3. The van der Waals surface area contributed by atoms with Crippen molar-refractivity contribution in [2.45, 2.75) is 50.2 Å². The molecule has 2 aromatic heterocycles. The lowest BCUT2D eigenvalue weighted by atomic mass is 10.0. The Hall–Kier alpha value is -3.64. The fourth-order valence-electron chi connectivity index (χ4n) is 4.32. The van der Waals surface area contributed by atoms with E-state index in [1.807, 2.05) is 13.8 Å². The summed E-state index contributed by atoms with van der Waals surface area (Å²) in [6.07, 6.45) is 2.24. The first kappa shape index (κ1) is 27.4. The van der Waals surface area contributed by atoms with E-state index in [2.05, 4.69) is 15.6 Å². The van der Waals surface area contributed by atoms with Crippen LogP contribution in [0.25, 0.3) is 11.0 Å². The van der Waals surface area contributed by atoms with Gasteiger partial charge < -0.3 is 15.1 Å². The van der Waals surface area contributed by atoms with Crippen LogP contribution in [0.2, 0.25) is 0 Å². The van der Waals surface area contributed by atoms with E-state index in [1.165, 1.54) is 36.5 Å². The van der Waals surface area contributed by atoms with Crippen LogP contribution in [0.1, 0.15) is 43.7 Å². The molecule has 1 aliphatic heterocycles. The molecule has 3 aromatic rings. The number of amides is 2. The van der Waals surface area contributed by atoms with Gasteiger partial charge in [-0.15, -0.1) is 0 Å². The number of rotatable bonds is 8. The van der Waals surface area contributed by atoms with Gasteiger partial charge in [0.05, 0.1) is 12.6 Å². The number of nitrogens with one attached hydrogen (secondary N) is 2. The fourth-order valence-corrected chi connectivity index (χ4v) is 5.69. The third-order valence-corrected chi connectivity index (χ3v) is 7.97. The molecule has 0 spiro atoms. The molecule has 2 amide bonds. The molecule has 4 rings (SSSR count). The Balaban J connectivity index is 1.44. The summed E-state index contributed by atoms with van der Waals surface area (Å²) < 4.78 is 45.9. The number of benzene rings is 1. The molecule has 1 aromatic carbocycles. The maximum absolute atomic E-state index is 13.5. The summed E-state index contributed by atoms with van der Waals surface area (Å²) in [5, 5.41) is 5.61. The van der Waals surface area contributed by atoms with Crippen molar-refractivity contribution in [3.05, 3.63) is 60.2 Å². The summed E-state index contributed by atoms with van der Waals surface area (Å²) >= 11 is 0. The van der Waals surface area contributed by atoms with E-state index in [1.54, 1.807) is 12.1 Å². The van der Waals surface area contributed by atoms with E-state index in [9.17, 15) is 27.2 Å². The van der Waals surface area contributed by atoms with Gasteiger partial charge in [0.25, 0.3) is 15.9 Å². The van der Waals surface area contributed by atoms with Gasteiger partial charge in [0.1, 0.15) is 17.4 Å². The average molecular weight is 545 g/mol. The molecule has 38 heavy (non-hydrogen) atoms. The number of carbonyl (C=O) groups is 3. The lowest BCUT2D eigenvalue weighted by molar-refractivity contribution is -0.129. The average Bonchev–Trinajstić information content (AvgIpc) is 3.21. The number of pyridine rings is 1. The molecule has 10 nitrogen and oxygen atoms in total. The van der Waals surface area contributed by atoms with Gasteiger partial charge in [-0.05, 0) is 61.6 Å². The van der Waals surface area contributed by atoms with Crippen molar-refractivity contribution in [2.75, 3.05) is 13.1 Å². The highest BCUT2D eigenvalue weighted by Crippen LogP contribution is 2.21. The zero-order valence-corrected chi connectivity index (χ0v) is 21.8. The molecular weight excluding hydrogens is 515 g/mol. The zero-order valence-electron chi connectivity index (χ0n) is 21.0. The molecule has 0 unspecified atom stereocenters. The van der Waals surface area contributed by atoms with Crippen LogP contribution in [0, 0.1) is 11.7 Å². The highest BCUT2D eigenvalue weighted by atomic mass is 32.2. The van der Waals surface area contributed by atoms with Crippen molar-refractivity contribution in [3.63, 3.8) is 0 Å². The number of sulfonamides is 1. The molecule has 0 aliphatic carbocycles. The monoisotopic (exact) mass is 544 g/mol. The minimum atomic E-state index is -3.97. The second kappa shape index (κ2) is 11.4. The standard InChI is InChI=1S/C26H29FN4O6S/c1-16(2)12-20(30-26(34)23-14-17-13-18(27)8-9-22(17)37-23)25(33)29-19-6-5-11-31(15-21(19)32)38(35,36)24-7-3-4-10-28-24/h3-4,7-10,13-14,16,19-20H,5-6,11-12,15H2,1-2H3,(H,29,33)(H,30,34)/t19-,20+/m0/s1. The van der Waals surface area contributed by atoms with Crippen LogP contribution in [-0.2, 0) is 19.6 Å². The number of furan rings is 1. The normalized spacial score (nSPS) is 17.8. The van der Waals surface area contributed by atoms with Gasteiger partial charge >= 0.3 is 0 Å². The third-order valence-electron chi connectivity index (χ3n) is 6.21. The predicted molar refractivity (Wildman–Crippen MR) is 136 cm³/mol. The molecular formula is C26H29FN4O6S. The molecule has 202 valence electrons. The van der Waals surface area contributed by atoms with Crippen molar-refractivity contribution in [1.29, 1.82) is 0 Å². The first-order valence-electron chi connectivity index (χ1n) is 12.3. The Bertz CT molecular complexity index is 1440. The molecule has 3 heterocycles. The van der Waals surface area contributed by atoms with Crippen LogP contribution in [0.4, 0.5) is 4.39 Å². The number of nitrogens with zero attached hydrogens (tertiary/aromatic N) is 2. The van der Waals surface area contributed by atoms with Crippen LogP contribution in [0.5, 0.6) is 0 Å². The topological polar surface area (TPSA) is 139 Å². The number of halogens is 1. The summed E-state index contributed by atoms with van der Waals surface area (Å²) in [7, 11) is -3.97. The van der Waals surface area contributed by atoms with Crippen LogP contribution >= 0.6 is 0 Å². The van der Waals surface area contributed by atoms with E-state index >= 15 is 0 Å². The highest BCUT2D eigenvalue weighted by Gasteiger charge is 2.35. The van der Waals surface area contributed by atoms with Gasteiger partial charge in [-0.1, -0.05) is 19.9 Å². The number of aromatic nitrogens is 1. The van der Waals surface area contributed by atoms with Crippen molar-refractivity contribution in [3.8, 4) is 0 Å². The van der Waals surface area contributed by atoms with Crippen molar-refractivity contribution in [2.24, 2.45) is 5.92 Å². The Kier molecular flexibility index (Phi) is 8.22. The summed E-state index contributed by atoms with van der Waals surface area (Å²) in [5.41, 5.74) is 0.329. The first-order valence-corrected chi connectivity index (χ1v) is 13.7. The number of hydrogen-bond donors (Lipinski definition) is 2. The number of fused-ring (bicyclic) bond motifs is 1. The maximum atomic E-state index is 13.5. The van der Waals surface area contributed by atoms with Crippen LogP contribution < -0.4 is 10.6 Å². The SMILES string of the molecule is CC(C)C[C@@H](NC(=O)c1cc2cc(F)ccc2o1)C(=O)N[C@H]1CCCN(S(=O)(=O)c2ccccn2)CC1=O. The molecule has 2 N–H and O–H groups in total. The molecule has 1 fully saturated rings. The van der Waals surface area contributed by atoms with Crippen LogP contribution in [0.3, 0.4) is 0 Å². The van der Waals surface area contributed by atoms with E-state index in [0.717, 1.165) is 4.31 Å². The van der Waals surface area contributed by atoms with E-state index in [0.29, 0.717) is 17.4 Å². The lowest BCUT2D eigenvalue weighted by Gasteiger charge is -2.23. The van der Waals surface area contributed by atoms with Crippen LogP contribution in [0.15, 0.2) is 58.1 Å². The number of ketones is 1. The smallest absolute Gasteiger partial charge is 0.287 e. The summed E-state index contributed by atoms with van der Waals surface area (Å²) in [6.45, 7) is 3.47. The molecule has 1 aliphatic rings. The van der Waals surface area contributed by atoms with Gasteiger partial charge in [-0.25, -0.2) is 17.8 Å². The maximum Gasteiger partial charge on any atom is 0.287 e. The molecule has 0 radical (unpaired) electrons. The highest BCUT2D eigenvalue weighted by molar-refractivity contribution is 7.89. The van der Waals surface area contributed by atoms with Crippen LogP contribution in [-0.4, -0.2) is 60.5 Å². The van der Waals surface area contributed by atoms with Gasteiger partial charge in [0, 0.05) is 18.1 Å². The summed E-state index contributed by atoms with van der Waals surface area (Å²) in [4.78, 5) is 42.9. The second-order valence-electron chi connectivity index (χ2n) is 9.62. The number of hydrogen-bond acceptors (Lipinski definition) is 7. The first-order chi connectivity index (χ1) is 18.0. The lowest BCUT2D eigenvalue weighted by Crippen LogP contribution is -2.52. The zero-order chi connectivity index (χ0) is 27.4. The fraction of sp³-hybridized carbons (Fsp3) is 0.385. The predicted octanol–water partition coefficient (Wildman–Crippen LogP) is 2.65. The third kappa shape index (κ3) is 6.25. The van der Waals surface area contributed by atoms with E-state index in [4.69, 9.17) is 4.42 Å². The molecule has 2 atom stereocenters. The Morgan fingerprint density at radius 2 is 2.00 bits per heavy atom. The summed E-state index contributed by atoms with van der Waals surface area (Å²) in [6, 6.07) is 7.88. The molecule has 0 saturated carbocycles. The molecule has 0 bridgehead atoms. The van der Waals surface area contributed by atoms with Gasteiger partial charge in [0.2, 0.25) is 5.91 Å². The molecule has 1 saturated heterocycles. The van der Waals surface area contributed by atoms with Crippen molar-refractivity contribution in [1.82, 2.24) is 19.9 Å². The minimum absolute atomic E-state index is 0.0275. The Labute approximate surface area is 219 Å².